The van der Waals surface area contributed by atoms with Gasteiger partial charge in [0.1, 0.15) is 0 Å². The molecule has 1 aliphatic rings. The molecule has 1 nitrogen and oxygen atoms in total. The number of aliphatic hydroxyl groups is 1. The summed E-state index contributed by atoms with van der Waals surface area (Å²) in [7, 11) is 0. The van der Waals surface area contributed by atoms with Crippen LogP contribution in [0.25, 0.3) is 0 Å². The van der Waals surface area contributed by atoms with Crippen molar-refractivity contribution < 1.29 is 5.11 Å². The highest BCUT2D eigenvalue weighted by Gasteiger charge is 2.23. The normalized spacial score (nSPS) is 22.4. The molecule has 4 heteroatoms. The molecule has 1 saturated heterocycles. The van der Waals surface area contributed by atoms with Gasteiger partial charge in [0.2, 0.25) is 0 Å². The van der Waals surface area contributed by atoms with Crippen molar-refractivity contribution in [1.29, 1.82) is 0 Å². The molecule has 1 heterocycles. The first-order chi connectivity index (χ1) is 8.18. The minimum atomic E-state index is -0.323. The highest BCUT2D eigenvalue weighted by Crippen LogP contribution is 2.31. The van der Waals surface area contributed by atoms with Crippen molar-refractivity contribution in [3.8, 4) is 0 Å². The molecular weight excluding hydrogens is 275 g/mol. The fourth-order valence-electron chi connectivity index (χ4n) is 2.13. The third-order valence-electron chi connectivity index (χ3n) is 3.10. The Morgan fingerprint density at radius 3 is 2.88 bits per heavy atom. The third kappa shape index (κ3) is 3.54. The smallest absolute Gasteiger partial charge is 0.0699 e. The van der Waals surface area contributed by atoms with Gasteiger partial charge in [0.25, 0.3) is 0 Å². The van der Waals surface area contributed by atoms with Crippen LogP contribution in [-0.4, -0.2) is 22.2 Å². The van der Waals surface area contributed by atoms with E-state index in [2.05, 4.69) is 0 Å². The number of rotatable bonds is 3. The minimum Gasteiger partial charge on any atom is -0.392 e. The lowest BCUT2D eigenvalue weighted by Crippen LogP contribution is -2.28. The van der Waals surface area contributed by atoms with Crippen LogP contribution in [0.4, 0.5) is 0 Å². The summed E-state index contributed by atoms with van der Waals surface area (Å²) in [6.45, 7) is 0. The number of hydrogen-bond donors (Lipinski definition) is 1. The van der Waals surface area contributed by atoms with E-state index >= 15 is 0 Å². The summed E-state index contributed by atoms with van der Waals surface area (Å²) in [4.78, 5) is 0. The zero-order valence-corrected chi connectivity index (χ0v) is 11.9. The first-order valence-corrected chi connectivity index (χ1v) is 7.71. The largest absolute Gasteiger partial charge is 0.392 e. The average Bonchev–Trinajstić information content (AvgIpc) is 2.36. The van der Waals surface area contributed by atoms with Crippen LogP contribution in [0, 0.1) is 0 Å². The maximum absolute atomic E-state index is 10.2. The summed E-state index contributed by atoms with van der Waals surface area (Å²) >= 11 is 14.0. The standard InChI is InChI=1S/C13H16Cl2OS/c14-10-5-3-4-9(13(10)15)8-11(16)12-6-1-2-7-17-12/h3-5,11-12,16H,1-2,6-8H2. The molecule has 0 spiro atoms. The van der Waals surface area contributed by atoms with Crippen molar-refractivity contribution in [2.24, 2.45) is 0 Å². The van der Waals surface area contributed by atoms with Gasteiger partial charge in [0.05, 0.1) is 16.1 Å². The van der Waals surface area contributed by atoms with Crippen molar-refractivity contribution in [3.63, 3.8) is 0 Å². The Kier molecular flexibility index (Phi) is 5.04. The molecule has 0 saturated carbocycles. The SMILES string of the molecule is OC(Cc1cccc(Cl)c1Cl)C1CCCCS1. The van der Waals surface area contributed by atoms with Gasteiger partial charge >= 0.3 is 0 Å². The van der Waals surface area contributed by atoms with E-state index in [9.17, 15) is 5.11 Å². The average molecular weight is 291 g/mol. The molecule has 1 aliphatic heterocycles. The Morgan fingerprint density at radius 1 is 1.35 bits per heavy atom. The molecule has 0 amide bonds. The van der Waals surface area contributed by atoms with E-state index < -0.39 is 0 Å². The van der Waals surface area contributed by atoms with Crippen molar-refractivity contribution in [2.45, 2.75) is 37.0 Å². The van der Waals surface area contributed by atoms with Gasteiger partial charge < -0.3 is 5.11 Å². The fourth-order valence-corrected chi connectivity index (χ4v) is 3.85. The van der Waals surface area contributed by atoms with E-state index in [0.717, 1.165) is 17.7 Å². The lowest BCUT2D eigenvalue weighted by Gasteiger charge is -2.26. The summed E-state index contributed by atoms with van der Waals surface area (Å²) in [5.74, 6) is 1.16. The number of halogens is 2. The summed E-state index contributed by atoms with van der Waals surface area (Å²) in [5, 5.41) is 11.7. The van der Waals surface area contributed by atoms with Gasteiger partial charge in [0, 0.05) is 11.7 Å². The molecule has 1 aromatic carbocycles. The van der Waals surface area contributed by atoms with Crippen LogP contribution in [0.15, 0.2) is 18.2 Å². The molecule has 1 aromatic rings. The van der Waals surface area contributed by atoms with E-state index in [4.69, 9.17) is 23.2 Å². The topological polar surface area (TPSA) is 20.2 Å². The molecule has 94 valence electrons. The number of benzene rings is 1. The Morgan fingerprint density at radius 2 is 2.18 bits per heavy atom. The Labute approximate surface area is 117 Å². The highest BCUT2D eigenvalue weighted by molar-refractivity contribution is 8.00. The Hall–Kier alpha value is 0.110. The van der Waals surface area contributed by atoms with Gasteiger partial charge in [-0.25, -0.2) is 0 Å². The van der Waals surface area contributed by atoms with Gasteiger partial charge in [0.15, 0.2) is 0 Å². The number of aliphatic hydroxyl groups excluding tert-OH is 1. The molecule has 0 radical (unpaired) electrons. The van der Waals surface area contributed by atoms with Crippen molar-refractivity contribution in [3.05, 3.63) is 33.8 Å². The first-order valence-electron chi connectivity index (χ1n) is 5.91. The lowest BCUT2D eigenvalue weighted by atomic mass is 10.0. The molecule has 0 bridgehead atoms. The van der Waals surface area contributed by atoms with Crippen molar-refractivity contribution in [1.82, 2.24) is 0 Å². The fraction of sp³-hybridized carbons (Fsp3) is 0.538. The predicted molar refractivity (Wildman–Crippen MR) is 76.3 cm³/mol. The van der Waals surface area contributed by atoms with Crippen LogP contribution < -0.4 is 0 Å². The van der Waals surface area contributed by atoms with Crippen LogP contribution in [-0.2, 0) is 6.42 Å². The monoisotopic (exact) mass is 290 g/mol. The van der Waals surface area contributed by atoms with E-state index in [1.165, 1.54) is 12.8 Å². The maximum Gasteiger partial charge on any atom is 0.0699 e. The number of hydrogen-bond acceptors (Lipinski definition) is 2. The molecule has 2 atom stereocenters. The van der Waals surface area contributed by atoms with Crippen LogP contribution in [0.1, 0.15) is 24.8 Å². The van der Waals surface area contributed by atoms with Gasteiger partial charge in [-0.2, -0.15) is 11.8 Å². The quantitative estimate of drug-likeness (QED) is 0.901. The van der Waals surface area contributed by atoms with Gasteiger partial charge in [-0.15, -0.1) is 0 Å². The second-order valence-corrected chi connectivity index (χ2v) is 6.52. The molecule has 17 heavy (non-hydrogen) atoms. The summed E-state index contributed by atoms with van der Waals surface area (Å²) in [6, 6.07) is 5.59. The molecule has 2 unspecified atom stereocenters. The van der Waals surface area contributed by atoms with E-state index in [1.54, 1.807) is 6.07 Å². The van der Waals surface area contributed by atoms with Crippen LogP contribution in [0.2, 0.25) is 10.0 Å². The zero-order valence-electron chi connectivity index (χ0n) is 9.53. The van der Waals surface area contributed by atoms with E-state index in [0.29, 0.717) is 21.7 Å². The van der Waals surface area contributed by atoms with E-state index in [-0.39, 0.29) is 6.10 Å². The van der Waals surface area contributed by atoms with Crippen molar-refractivity contribution in [2.75, 3.05) is 5.75 Å². The second kappa shape index (κ2) is 6.33. The molecule has 0 aromatic heterocycles. The molecule has 1 fully saturated rings. The zero-order chi connectivity index (χ0) is 12.3. The summed E-state index contributed by atoms with van der Waals surface area (Å²) < 4.78 is 0. The number of thioether (sulfide) groups is 1. The Bertz CT molecular complexity index is 378. The Balaban J connectivity index is 2.01. The van der Waals surface area contributed by atoms with Crippen molar-refractivity contribution >= 4 is 35.0 Å². The maximum atomic E-state index is 10.2. The lowest BCUT2D eigenvalue weighted by molar-refractivity contribution is 0.166. The van der Waals surface area contributed by atoms with Gasteiger partial charge in [-0.1, -0.05) is 41.8 Å². The molecule has 0 aliphatic carbocycles. The minimum absolute atomic E-state index is 0.323. The molecule has 1 N–H and O–H groups in total. The van der Waals surface area contributed by atoms with Gasteiger partial charge in [-0.05, 0) is 30.2 Å². The highest BCUT2D eigenvalue weighted by atomic mass is 35.5. The summed E-state index contributed by atoms with van der Waals surface area (Å²) in [6.07, 6.45) is 3.86. The third-order valence-corrected chi connectivity index (χ3v) is 5.47. The molecular formula is C13H16Cl2OS. The predicted octanol–water partition coefficient (Wildman–Crippen LogP) is 4.18. The van der Waals surface area contributed by atoms with Crippen LogP contribution in [0.3, 0.4) is 0 Å². The van der Waals surface area contributed by atoms with Gasteiger partial charge in [-0.3, -0.25) is 0 Å². The van der Waals surface area contributed by atoms with Crippen LogP contribution >= 0.6 is 35.0 Å². The second-order valence-electron chi connectivity index (χ2n) is 4.39. The first kappa shape index (κ1) is 13.5. The summed E-state index contributed by atoms with van der Waals surface area (Å²) in [5.41, 5.74) is 0.942. The molecule has 2 rings (SSSR count). The van der Waals surface area contributed by atoms with Crippen LogP contribution in [0.5, 0.6) is 0 Å². The van der Waals surface area contributed by atoms with E-state index in [1.807, 2.05) is 23.9 Å².